The Morgan fingerprint density at radius 1 is 1.10 bits per heavy atom. The average Bonchev–Trinajstić information content (AvgIpc) is 2.76. The molecule has 0 amide bonds. The molecular formula is C16H14Br2O2. The summed E-state index contributed by atoms with van der Waals surface area (Å²) in [6.45, 7) is 2.20. The van der Waals surface area contributed by atoms with Crippen LogP contribution in [0.15, 0.2) is 45.3 Å². The van der Waals surface area contributed by atoms with Crippen molar-refractivity contribution in [1.82, 2.24) is 0 Å². The summed E-state index contributed by atoms with van der Waals surface area (Å²) >= 11 is 7.05. The minimum absolute atomic E-state index is 0.0431. The second kappa shape index (κ2) is 5.41. The summed E-state index contributed by atoms with van der Waals surface area (Å²) in [6, 6.07) is 12.3. The van der Waals surface area contributed by atoms with Crippen LogP contribution in [-0.2, 0) is 0 Å². The summed E-state index contributed by atoms with van der Waals surface area (Å²) in [5.41, 5.74) is 2.40. The van der Waals surface area contributed by atoms with Crippen molar-refractivity contribution in [2.45, 2.75) is 18.9 Å². The van der Waals surface area contributed by atoms with Crippen LogP contribution < -0.4 is 9.47 Å². The highest BCUT2D eigenvalue weighted by atomic mass is 79.9. The van der Waals surface area contributed by atoms with Gasteiger partial charge in [-0.05, 0) is 51.8 Å². The van der Waals surface area contributed by atoms with Crippen LogP contribution in [0.25, 0.3) is 0 Å². The van der Waals surface area contributed by atoms with Crippen LogP contribution in [0.5, 0.6) is 11.5 Å². The van der Waals surface area contributed by atoms with Gasteiger partial charge in [-0.25, -0.2) is 0 Å². The Morgan fingerprint density at radius 2 is 1.90 bits per heavy atom. The Morgan fingerprint density at radius 3 is 2.60 bits per heavy atom. The molecule has 2 nitrogen and oxygen atoms in total. The van der Waals surface area contributed by atoms with E-state index in [1.807, 2.05) is 18.2 Å². The first-order chi connectivity index (χ1) is 9.60. The van der Waals surface area contributed by atoms with E-state index in [0.29, 0.717) is 5.92 Å². The average molecular weight is 398 g/mol. The molecule has 0 unspecified atom stereocenters. The second-order valence-electron chi connectivity index (χ2n) is 4.90. The number of hydrogen-bond donors (Lipinski definition) is 0. The Labute approximate surface area is 135 Å². The van der Waals surface area contributed by atoms with Crippen molar-refractivity contribution in [3.05, 3.63) is 56.5 Å². The fraction of sp³-hybridized carbons (Fsp3) is 0.250. The lowest BCUT2D eigenvalue weighted by molar-refractivity contribution is 0.216. The fourth-order valence-electron chi connectivity index (χ4n) is 2.60. The molecule has 4 heteroatoms. The predicted molar refractivity (Wildman–Crippen MR) is 86.6 cm³/mol. The van der Waals surface area contributed by atoms with Crippen LogP contribution in [0, 0.1) is 0 Å². The molecule has 0 fully saturated rings. The van der Waals surface area contributed by atoms with E-state index in [0.717, 1.165) is 26.0 Å². The van der Waals surface area contributed by atoms with Gasteiger partial charge in [-0.15, -0.1) is 0 Å². The van der Waals surface area contributed by atoms with Crippen molar-refractivity contribution in [3.8, 4) is 11.5 Å². The van der Waals surface area contributed by atoms with Crippen molar-refractivity contribution < 1.29 is 9.47 Å². The van der Waals surface area contributed by atoms with Gasteiger partial charge in [0.05, 0.1) is 11.6 Å². The molecule has 0 bridgehead atoms. The van der Waals surface area contributed by atoms with Crippen LogP contribution in [0.1, 0.15) is 30.1 Å². The topological polar surface area (TPSA) is 18.5 Å². The summed E-state index contributed by atoms with van der Waals surface area (Å²) in [4.78, 5) is 0. The van der Waals surface area contributed by atoms with Gasteiger partial charge in [0.25, 0.3) is 0 Å². The molecule has 104 valence electrons. The van der Waals surface area contributed by atoms with Gasteiger partial charge in [0.15, 0.2) is 0 Å². The molecule has 1 heterocycles. The van der Waals surface area contributed by atoms with Crippen molar-refractivity contribution in [2.24, 2.45) is 0 Å². The van der Waals surface area contributed by atoms with Crippen molar-refractivity contribution in [1.29, 1.82) is 0 Å². The van der Waals surface area contributed by atoms with Gasteiger partial charge in [-0.3, -0.25) is 0 Å². The van der Waals surface area contributed by atoms with Crippen LogP contribution >= 0.6 is 31.9 Å². The van der Waals surface area contributed by atoms with Gasteiger partial charge in [-0.2, -0.15) is 0 Å². The molecular weight excluding hydrogens is 384 g/mol. The third-order valence-corrected chi connectivity index (χ3v) is 4.79. The zero-order valence-corrected chi connectivity index (χ0v) is 14.4. The van der Waals surface area contributed by atoms with Gasteiger partial charge in [0.2, 0.25) is 0 Å². The molecule has 20 heavy (non-hydrogen) atoms. The highest BCUT2D eigenvalue weighted by molar-refractivity contribution is 9.10. The standard InChI is InChI=1S/C16H14Br2O2/c1-9-12-8-11(17)4-6-14(12)20-16(9)10-3-5-15(19-2)13(18)7-10/h3-9,16H,1-2H3/t9-,16-/m0/s1. The number of methoxy groups -OCH3 is 1. The molecule has 2 atom stereocenters. The minimum atomic E-state index is 0.0431. The Balaban J connectivity index is 1.96. The Bertz CT molecular complexity index is 655. The maximum atomic E-state index is 6.11. The van der Waals surface area contributed by atoms with E-state index in [-0.39, 0.29) is 6.10 Å². The highest BCUT2D eigenvalue weighted by Crippen LogP contribution is 2.47. The van der Waals surface area contributed by atoms with Gasteiger partial charge in [-0.1, -0.05) is 28.9 Å². The lowest BCUT2D eigenvalue weighted by Gasteiger charge is -2.17. The van der Waals surface area contributed by atoms with E-state index in [1.54, 1.807) is 7.11 Å². The molecule has 1 aliphatic heterocycles. The molecule has 0 radical (unpaired) electrons. The van der Waals surface area contributed by atoms with E-state index in [9.17, 15) is 0 Å². The van der Waals surface area contributed by atoms with Crippen LogP contribution in [0.2, 0.25) is 0 Å². The number of hydrogen-bond acceptors (Lipinski definition) is 2. The smallest absolute Gasteiger partial charge is 0.133 e. The third kappa shape index (κ3) is 2.35. The largest absolute Gasteiger partial charge is 0.496 e. The molecule has 3 rings (SSSR count). The van der Waals surface area contributed by atoms with E-state index in [2.05, 4.69) is 57.0 Å². The molecule has 0 saturated carbocycles. The lowest BCUT2D eigenvalue weighted by atomic mass is 9.93. The highest BCUT2D eigenvalue weighted by Gasteiger charge is 2.32. The first-order valence-corrected chi connectivity index (χ1v) is 7.98. The van der Waals surface area contributed by atoms with E-state index in [1.165, 1.54) is 5.56 Å². The molecule has 0 aromatic heterocycles. The SMILES string of the molecule is COc1ccc([C@H]2Oc3ccc(Br)cc3[C@@H]2C)cc1Br. The van der Waals surface area contributed by atoms with E-state index in [4.69, 9.17) is 9.47 Å². The molecule has 2 aromatic carbocycles. The maximum Gasteiger partial charge on any atom is 0.133 e. The monoisotopic (exact) mass is 396 g/mol. The lowest BCUT2D eigenvalue weighted by Crippen LogP contribution is -2.07. The van der Waals surface area contributed by atoms with E-state index < -0.39 is 0 Å². The number of benzene rings is 2. The van der Waals surface area contributed by atoms with Gasteiger partial charge >= 0.3 is 0 Å². The molecule has 1 aliphatic rings. The van der Waals surface area contributed by atoms with Gasteiger partial charge in [0, 0.05) is 16.0 Å². The normalized spacial score (nSPS) is 20.4. The number of halogens is 2. The Hall–Kier alpha value is -1.000. The molecule has 0 aliphatic carbocycles. The first kappa shape index (κ1) is 14.0. The summed E-state index contributed by atoms with van der Waals surface area (Å²) in [7, 11) is 1.67. The zero-order valence-electron chi connectivity index (χ0n) is 11.2. The summed E-state index contributed by atoms with van der Waals surface area (Å²) in [5, 5.41) is 0. The predicted octanol–water partition coefficient (Wildman–Crippen LogP) is 5.46. The van der Waals surface area contributed by atoms with E-state index >= 15 is 0 Å². The number of ether oxygens (including phenoxy) is 2. The fourth-order valence-corrected chi connectivity index (χ4v) is 3.54. The minimum Gasteiger partial charge on any atom is -0.496 e. The van der Waals surface area contributed by atoms with Crippen molar-refractivity contribution in [3.63, 3.8) is 0 Å². The maximum absolute atomic E-state index is 6.11. The third-order valence-electron chi connectivity index (χ3n) is 3.67. The first-order valence-electron chi connectivity index (χ1n) is 6.39. The molecule has 0 N–H and O–H groups in total. The molecule has 0 spiro atoms. The summed E-state index contributed by atoms with van der Waals surface area (Å²) in [6.07, 6.45) is 0.0431. The Kier molecular flexibility index (Phi) is 3.78. The quantitative estimate of drug-likeness (QED) is 0.669. The second-order valence-corrected chi connectivity index (χ2v) is 6.67. The van der Waals surface area contributed by atoms with Crippen LogP contribution in [0.3, 0.4) is 0 Å². The summed E-state index contributed by atoms with van der Waals surface area (Å²) in [5.74, 6) is 2.13. The van der Waals surface area contributed by atoms with Crippen molar-refractivity contribution in [2.75, 3.05) is 7.11 Å². The molecule has 0 saturated heterocycles. The van der Waals surface area contributed by atoms with Gasteiger partial charge in [0.1, 0.15) is 17.6 Å². The van der Waals surface area contributed by atoms with Crippen LogP contribution in [-0.4, -0.2) is 7.11 Å². The zero-order chi connectivity index (χ0) is 14.3. The van der Waals surface area contributed by atoms with Gasteiger partial charge < -0.3 is 9.47 Å². The van der Waals surface area contributed by atoms with Crippen molar-refractivity contribution >= 4 is 31.9 Å². The number of fused-ring (bicyclic) bond motifs is 1. The molecule has 2 aromatic rings. The van der Waals surface area contributed by atoms with Crippen LogP contribution in [0.4, 0.5) is 0 Å². The number of rotatable bonds is 2. The summed E-state index contributed by atoms with van der Waals surface area (Å²) < 4.78 is 13.4.